The fourth-order valence-electron chi connectivity index (χ4n) is 4.26. The molecule has 0 aliphatic heterocycles. The summed E-state index contributed by atoms with van der Waals surface area (Å²) in [4.78, 5) is 16.4. The number of hydrogen-bond donors (Lipinski definition) is 3. The highest BCUT2D eigenvalue weighted by Gasteiger charge is 2.57. The lowest BCUT2D eigenvalue weighted by atomic mass is 9.79. The number of pyridine rings is 1. The second-order valence-electron chi connectivity index (χ2n) is 9.52. The van der Waals surface area contributed by atoms with Crippen LogP contribution in [-0.4, -0.2) is 62.9 Å². The van der Waals surface area contributed by atoms with Gasteiger partial charge in [0.2, 0.25) is 6.04 Å². The van der Waals surface area contributed by atoms with E-state index in [0.717, 1.165) is 22.8 Å². The molecule has 0 aromatic carbocycles. The molecule has 0 unspecified atom stereocenters. The van der Waals surface area contributed by atoms with E-state index in [-0.39, 0.29) is 35.1 Å². The van der Waals surface area contributed by atoms with Crippen molar-refractivity contribution < 1.29 is 49.8 Å². The van der Waals surface area contributed by atoms with Gasteiger partial charge >= 0.3 is 19.0 Å². The zero-order valence-electron chi connectivity index (χ0n) is 21.1. The topological polar surface area (TPSA) is 101 Å². The molecule has 3 rings (SSSR count). The molecule has 0 radical (unpaired) electrons. The number of nitrogens with zero attached hydrogens (tertiary/aromatic N) is 3. The lowest BCUT2D eigenvalue weighted by Gasteiger charge is -2.34. The zero-order chi connectivity index (χ0) is 30.0. The van der Waals surface area contributed by atoms with Crippen LogP contribution in [0.25, 0.3) is 11.3 Å². The number of hydrogen-bond acceptors (Lipinski definition) is 6. The van der Waals surface area contributed by atoms with E-state index in [1.54, 1.807) is 6.92 Å². The van der Waals surface area contributed by atoms with Gasteiger partial charge in [-0.15, -0.1) is 0 Å². The Hall–Kier alpha value is -2.88. The van der Waals surface area contributed by atoms with Gasteiger partial charge in [-0.1, -0.05) is 18.5 Å². The molecule has 0 spiro atoms. The van der Waals surface area contributed by atoms with E-state index >= 15 is 0 Å². The van der Waals surface area contributed by atoms with Crippen LogP contribution in [0.5, 0.6) is 5.75 Å². The fraction of sp³-hybridized carbons (Fsp3) is 0.609. The normalized spacial score (nSPS) is 20.2. The van der Waals surface area contributed by atoms with Crippen molar-refractivity contribution in [2.24, 2.45) is 5.92 Å². The average molecular weight is 608 g/mol. The Morgan fingerprint density at radius 2 is 1.82 bits per heavy atom. The van der Waals surface area contributed by atoms with Gasteiger partial charge in [0.15, 0.2) is 5.69 Å². The molecule has 2 heterocycles. The fourth-order valence-corrected chi connectivity index (χ4v) is 4.58. The Balaban J connectivity index is 1.95. The summed E-state index contributed by atoms with van der Waals surface area (Å²) >= 11 is 6.37. The summed E-state index contributed by atoms with van der Waals surface area (Å²) in [5, 5.41) is 18.1. The lowest BCUT2D eigenvalue weighted by Crippen LogP contribution is -2.48. The molecule has 2 aromatic rings. The third-order valence-electron chi connectivity index (χ3n) is 6.48. The van der Waals surface area contributed by atoms with Crippen molar-refractivity contribution in [3.05, 3.63) is 23.0 Å². The maximum Gasteiger partial charge on any atom is 0.417 e. The van der Waals surface area contributed by atoms with E-state index in [0.29, 0.717) is 31.0 Å². The Labute approximate surface area is 228 Å². The summed E-state index contributed by atoms with van der Waals surface area (Å²) in [6.45, 7) is -0.0269. The number of aryl methyl sites for hydroxylation is 1. The first kappa shape index (κ1) is 31.6. The van der Waals surface area contributed by atoms with Crippen LogP contribution in [0, 0.1) is 5.92 Å². The minimum Gasteiger partial charge on any atom is -0.434 e. The summed E-state index contributed by atoms with van der Waals surface area (Å²) in [6, 6.07) is -3.62. The molecule has 3 N–H and O–H groups in total. The molecule has 1 aliphatic rings. The molecule has 0 saturated heterocycles. The monoisotopic (exact) mass is 607 g/mol. The van der Waals surface area contributed by atoms with Crippen LogP contribution in [0.2, 0.25) is 5.02 Å². The van der Waals surface area contributed by atoms with Crippen LogP contribution in [-0.2, 0) is 6.54 Å². The van der Waals surface area contributed by atoms with Gasteiger partial charge in [0.25, 0.3) is 5.91 Å². The standard InChI is InChI=1S/C23H26ClF8N5O3/c1-3-37-17(15(24)16(36-37)18(38)34-10-21(39)6-4-11(2)5-7-21)12-9-33-14(8-13(12)40-20(25)26)35-19(22(27,28)29)23(30,31)32/h8-9,11,19-20,39H,3-7,10H2,1-2H3,(H,33,35)(H,34,38). The molecule has 1 saturated carbocycles. The van der Waals surface area contributed by atoms with Crippen molar-refractivity contribution >= 4 is 23.3 Å². The van der Waals surface area contributed by atoms with Gasteiger partial charge in [-0.25, -0.2) is 4.98 Å². The number of alkyl halides is 8. The number of aliphatic hydroxyl groups is 1. The average Bonchev–Trinajstić information content (AvgIpc) is 3.17. The third-order valence-corrected chi connectivity index (χ3v) is 6.83. The number of ether oxygens (including phenoxy) is 1. The Bertz CT molecular complexity index is 1180. The minimum atomic E-state index is -5.78. The first-order valence-electron chi connectivity index (χ1n) is 12.1. The van der Waals surface area contributed by atoms with Crippen LogP contribution in [0.3, 0.4) is 0 Å². The number of carbonyl (C=O) groups excluding carboxylic acids is 1. The van der Waals surface area contributed by atoms with Gasteiger partial charge < -0.3 is 20.5 Å². The number of amides is 1. The van der Waals surface area contributed by atoms with Crippen molar-refractivity contribution in [3.8, 4) is 17.0 Å². The maximum absolute atomic E-state index is 13.2. The molecule has 40 heavy (non-hydrogen) atoms. The van der Waals surface area contributed by atoms with E-state index in [1.165, 1.54) is 0 Å². The second-order valence-corrected chi connectivity index (χ2v) is 9.90. The van der Waals surface area contributed by atoms with Crippen molar-refractivity contribution in [2.45, 2.75) is 76.7 Å². The van der Waals surface area contributed by atoms with Gasteiger partial charge in [0.05, 0.1) is 21.9 Å². The molecule has 2 aromatic heterocycles. The first-order valence-corrected chi connectivity index (χ1v) is 12.4. The van der Waals surface area contributed by atoms with E-state index in [2.05, 4.69) is 20.1 Å². The quantitative estimate of drug-likeness (QED) is 0.312. The lowest BCUT2D eigenvalue weighted by molar-refractivity contribution is -0.242. The molecular formula is C23H26ClF8N5O3. The molecule has 0 bridgehead atoms. The highest BCUT2D eigenvalue weighted by atomic mass is 35.5. The van der Waals surface area contributed by atoms with Crippen LogP contribution in [0.1, 0.15) is 50.0 Å². The summed E-state index contributed by atoms with van der Waals surface area (Å²) in [6.07, 6.45) is -8.44. The summed E-state index contributed by atoms with van der Waals surface area (Å²) < 4.78 is 110. The van der Waals surface area contributed by atoms with Gasteiger partial charge in [-0.05, 0) is 38.5 Å². The first-order chi connectivity index (χ1) is 18.4. The number of rotatable bonds is 9. The summed E-state index contributed by atoms with van der Waals surface area (Å²) in [7, 11) is 0. The van der Waals surface area contributed by atoms with E-state index in [4.69, 9.17) is 11.6 Å². The Morgan fingerprint density at radius 1 is 1.23 bits per heavy atom. The smallest absolute Gasteiger partial charge is 0.417 e. The molecule has 1 aliphatic carbocycles. The van der Waals surface area contributed by atoms with Crippen molar-refractivity contribution in [2.75, 3.05) is 11.9 Å². The maximum atomic E-state index is 13.2. The van der Waals surface area contributed by atoms with Crippen LogP contribution >= 0.6 is 11.6 Å². The number of halogens is 9. The molecule has 1 amide bonds. The Kier molecular flexibility index (Phi) is 9.43. The van der Waals surface area contributed by atoms with E-state index in [1.807, 2.05) is 6.92 Å². The SMILES string of the molecule is CCn1nc(C(=O)NCC2(O)CCC(C)CC2)c(Cl)c1-c1cnc(NC(C(F)(F)F)C(F)(F)F)cc1OC(F)F. The summed E-state index contributed by atoms with van der Waals surface area (Å²) in [5.41, 5.74) is -2.07. The molecule has 8 nitrogen and oxygen atoms in total. The van der Waals surface area contributed by atoms with E-state index in [9.17, 15) is 45.0 Å². The molecule has 17 heteroatoms. The van der Waals surface area contributed by atoms with Crippen LogP contribution in [0.4, 0.5) is 40.9 Å². The third kappa shape index (κ3) is 7.44. The predicted molar refractivity (Wildman–Crippen MR) is 127 cm³/mol. The van der Waals surface area contributed by atoms with Crippen LogP contribution < -0.4 is 15.4 Å². The second kappa shape index (κ2) is 11.9. The van der Waals surface area contributed by atoms with Crippen molar-refractivity contribution in [3.63, 3.8) is 0 Å². The van der Waals surface area contributed by atoms with Gasteiger partial charge in [-0.3, -0.25) is 9.48 Å². The highest BCUT2D eigenvalue weighted by molar-refractivity contribution is 6.36. The van der Waals surface area contributed by atoms with Gasteiger partial charge in [0.1, 0.15) is 11.6 Å². The zero-order valence-corrected chi connectivity index (χ0v) is 21.9. The van der Waals surface area contributed by atoms with Crippen LogP contribution in [0.15, 0.2) is 12.3 Å². The van der Waals surface area contributed by atoms with Crippen molar-refractivity contribution in [1.29, 1.82) is 0 Å². The highest BCUT2D eigenvalue weighted by Crippen LogP contribution is 2.40. The number of aromatic nitrogens is 3. The molecule has 224 valence electrons. The number of anilines is 1. The molecule has 1 fully saturated rings. The van der Waals surface area contributed by atoms with Gasteiger partial charge in [0, 0.05) is 25.4 Å². The molecular weight excluding hydrogens is 582 g/mol. The minimum absolute atomic E-state index is 0.0164. The molecule has 0 atom stereocenters. The van der Waals surface area contributed by atoms with Gasteiger partial charge in [-0.2, -0.15) is 40.2 Å². The number of carbonyl (C=O) groups is 1. The number of nitrogens with one attached hydrogen (secondary N) is 2. The Morgan fingerprint density at radius 3 is 2.35 bits per heavy atom. The van der Waals surface area contributed by atoms with Crippen molar-refractivity contribution in [1.82, 2.24) is 20.1 Å². The van der Waals surface area contributed by atoms with E-state index < -0.39 is 48.1 Å². The predicted octanol–water partition coefficient (Wildman–Crippen LogP) is 5.80. The summed E-state index contributed by atoms with van der Waals surface area (Å²) in [5.74, 6) is -2.30. The largest absolute Gasteiger partial charge is 0.434 e.